The molecule has 0 radical (unpaired) electrons. The third kappa shape index (κ3) is 4.25. The second-order valence-corrected chi connectivity index (χ2v) is 7.53. The minimum atomic E-state index is -0.336. The number of nitrogens with one attached hydrogen (secondary N) is 1. The van der Waals surface area contributed by atoms with Crippen molar-refractivity contribution >= 4 is 23.5 Å². The van der Waals surface area contributed by atoms with E-state index in [1.54, 1.807) is 6.21 Å². The van der Waals surface area contributed by atoms with Gasteiger partial charge >= 0.3 is 0 Å². The molecule has 2 aliphatic rings. The van der Waals surface area contributed by atoms with Gasteiger partial charge in [0.05, 0.1) is 5.69 Å². The first-order valence-electron chi connectivity index (χ1n) is 10.1. The van der Waals surface area contributed by atoms with E-state index >= 15 is 0 Å². The van der Waals surface area contributed by atoms with Crippen molar-refractivity contribution in [1.82, 2.24) is 4.90 Å². The van der Waals surface area contributed by atoms with E-state index < -0.39 is 0 Å². The molecule has 2 aromatic carbocycles. The summed E-state index contributed by atoms with van der Waals surface area (Å²) in [5.74, 6) is 0.498. The summed E-state index contributed by atoms with van der Waals surface area (Å²) in [7, 11) is 0. The first kappa shape index (κ1) is 18.7. The molecule has 28 heavy (non-hydrogen) atoms. The number of fused-ring (bicyclic) bond motifs is 1. The summed E-state index contributed by atoms with van der Waals surface area (Å²) in [5, 5.41) is 2.93. The van der Waals surface area contributed by atoms with Crippen molar-refractivity contribution in [3.05, 3.63) is 53.6 Å². The Morgan fingerprint density at radius 1 is 1.14 bits per heavy atom. The lowest BCUT2D eigenvalue weighted by atomic mass is 9.97. The van der Waals surface area contributed by atoms with E-state index in [4.69, 9.17) is 4.74 Å². The van der Waals surface area contributed by atoms with Crippen LogP contribution >= 0.6 is 0 Å². The van der Waals surface area contributed by atoms with E-state index in [9.17, 15) is 4.79 Å². The first-order chi connectivity index (χ1) is 13.7. The summed E-state index contributed by atoms with van der Waals surface area (Å²) in [6.07, 6.45) is 5.69. The molecule has 1 unspecified atom stereocenters. The molecule has 0 bridgehead atoms. The van der Waals surface area contributed by atoms with Gasteiger partial charge in [0, 0.05) is 18.4 Å². The number of ether oxygens (including phenoxy) is 1. The number of benzene rings is 2. The summed E-state index contributed by atoms with van der Waals surface area (Å²) in [6.45, 7) is 6.09. The van der Waals surface area contributed by atoms with Crippen molar-refractivity contribution in [2.75, 3.05) is 31.6 Å². The molecule has 1 saturated heterocycles. The van der Waals surface area contributed by atoms with Gasteiger partial charge in [0.2, 0.25) is 5.91 Å². The van der Waals surface area contributed by atoms with Crippen LogP contribution in [-0.4, -0.2) is 43.3 Å². The Bertz CT molecular complexity index is 855. The largest absolute Gasteiger partial charge is 0.492 e. The summed E-state index contributed by atoms with van der Waals surface area (Å²) in [6, 6.07) is 13.7. The van der Waals surface area contributed by atoms with Gasteiger partial charge in [-0.25, -0.2) is 0 Å². The number of piperidine rings is 1. The molecule has 0 aromatic heterocycles. The zero-order valence-corrected chi connectivity index (χ0v) is 16.4. The molecule has 2 aliphatic heterocycles. The molecule has 0 saturated carbocycles. The number of nitrogens with zero attached hydrogens (tertiary/aromatic N) is 2. The molecular weight excluding hydrogens is 350 g/mol. The molecule has 1 amide bonds. The SMILES string of the molecule is Cc1cccc2c1C(C=Nc1ccc(OCCN3CCCCC3)cc1)C(=O)N2. The Morgan fingerprint density at radius 3 is 2.71 bits per heavy atom. The van der Waals surface area contributed by atoms with Crippen molar-refractivity contribution in [2.45, 2.75) is 32.1 Å². The Hall–Kier alpha value is -2.66. The van der Waals surface area contributed by atoms with E-state index in [0.717, 1.165) is 34.8 Å². The lowest BCUT2D eigenvalue weighted by molar-refractivity contribution is -0.115. The molecule has 146 valence electrons. The van der Waals surface area contributed by atoms with Crippen LogP contribution < -0.4 is 10.1 Å². The molecule has 5 nitrogen and oxygen atoms in total. The highest BCUT2D eigenvalue weighted by atomic mass is 16.5. The topological polar surface area (TPSA) is 53.9 Å². The van der Waals surface area contributed by atoms with Crippen LogP contribution in [0.3, 0.4) is 0 Å². The molecule has 0 aliphatic carbocycles. The van der Waals surface area contributed by atoms with Crippen molar-refractivity contribution in [3.63, 3.8) is 0 Å². The summed E-state index contributed by atoms with van der Waals surface area (Å²) in [5.41, 5.74) is 3.83. The van der Waals surface area contributed by atoms with Gasteiger partial charge in [-0.05, 0) is 74.3 Å². The number of amides is 1. The molecule has 1 atom stereocenters. The third-order valence-electron chi connectivity index (χ3n) is 5.51. The fourth-order valence-corrected chi connectivity index (χ4v) is 3.95. The Morgan fingerprint density at radius 2 is 1.93 bits per heavy atom. The average Bonchev–Trinajstić information content (AvgIpc) is 3.04. The zero-order chi connectivity index (χ0) is 19.3. The van der Waals surface area contributed by atoms with Crippen LogP contribution in [0.5, 0.6) is 5.75 Å². The molecule has 5 heteroatoms. The maximum Gasteiger partial charge on any atom is 0.237 e. The predicted molar refractivity (Wildman–Crippen MR) is 113 cm³/mol. The van der Waals surface area contributed by atoms with Crippen molar-refractivity contribution in [1.29, 1.82) is 0 Å². The van der Waals surface area contributed by atoms with Crippen molar-refractivity contribution < 1.29 is 9.53 Å². The maximum atomic E-state index is 12.3. The van der Waals surface area contributed by atoms with Crippen molar-refractivity contribution in [3.8, 4) is 5.75 Å². The standard InChI is InChI=1S/C23H27N3O2/c1-17-6-5-7-21-22(17)20(23(27)25-21)16-24-18-8-10-19(11-9-18)28-15-14-26-12-3-2-4-13-26/h5-11,16,20H,2-4,12-15H2,1H3,(H,25,27). The lowest BCUT2D eigenvalue weighted by Crippen LogP contribution is -2.33. The van der Waals surface area contributed by atoms with Gasteiger partial charge in [0.25, 0.3) is 0 Å². The first-order valence-corrected chi connectivity index (χ1v) is 10.1. The molecule has 0 spiro atoms. The fraction of sp³-hybridized carbons (Fsp3) is 0.391. The van der Waals surface area contributed by atoms with Crippen LogP contribution in [0, 0.1) is 6.92 Å². The van der Waals surface area contributed by atoms with Crippen LogP contribution in [0.15, 0.2) is 47.5 Å². The highest BCUT2D eigenvalue weighted by Crippen LogP contribution is 2.34. The van der Waals surface area contributed by atoms with Gasteiger partial charge in [0.1, 0.15) is 18.3 Å². The number of carbonyl (C=O) groups excluding carboxylic acids is 1. The van der Waals surface area contributed by atoms with E-state index in [0.29, 0.717) is 6.61 Å². The molecular formula is C23H27N3O2. The van der Waals surface area contributed by atoms with Crippen LogP contribution in [-0.2, 0) is 4.79 Å². The second kappa shape index (κ2) is 8.57. The number of hydrogen-bond donors (Lipinski definition) is 1. The number of aryl methyl sites for hydroxylation is 1. The normalized spacial score (nSPS) is 19.6. The van der Waals surface area contributed by atoms with Gasteiger partial charge in [-0.15, -0.1) is 0 Å². The van der Waals surface area contributed by atoms with E-state index in [1.165, 1.54) is 32.4 Å². The Kier molecular flexibility index (Phi) is 5.72. The van der Waals surface area contributed by atoms with Gasteiger partial charge in [0.15, 0.2) is 0 Å². The van der Waals surface area contributed by atoms with Gasteiger partial charge in [-0.3, -0.25) is 14.7 Å². The van der Waals surface area contributed by atoms with E-state index in [-0.39, 0.29) is 11.8 Å². The van der Waals surface area contributed by atoms with Gasteiger partial charge in [-0.2, -0.15) is 0 Å². The van der Waals surface area contributed by atoms with Gasteiger partial charge < -0.3 is 10.1 Å². The number of hydrogen-bond acceptors (Lipinski definition) is 4. The predicted octanol–water partition coefficient (Wildman–Crippen LogP) is 4.30. The van der Waals surface area contributed by atoms with Crippen LogP contribution in [0.4, 0.5) is 11.4 Å². The quantitative estimate of drug-likeness (QED) is 0.764. The van der Waals surface area contributed by atoms with E-state index in [1.807, 2.05) is 49.4 Å². The molecule has 4 rings (SSSR count). The smallest absolute Gasteiger partial charge is 0.237 e. The fourth-order valence-electron chi connectivity index (χ4n) is 3.95. The summed E-state index contributed by atoms with van der Waals surface area (Å²) < 4.78 is 5.86. The second-order valence-electron chi connectivity index (χ2n) is 7.53. The highest BCUT2D eigenvalue weighted by Gasteiger charge is 2.30. The lowest BCUT2D eigenvalue weighted by Gasteiger charge is -2.26. The number of aliphatic imine (C=N–C) groups is 1. The van der Waals surface area contributed by atoms with E-state index in [2.05, 4.69) is 15.2 Å². The number of carbonyl (C=O) groups is 1. The number of rotatable bonds is 6. The Balaban J connectivity index is 1.34. The third-order valence-corrected chi connectivity index (χ3v) is 5.51. The zero-order valence-electron chi connectivity index (χ0n) is 16.4. The van der Waals surface area contributed by atoms with Crippen LogP contribution in [0.1, 0.15) is 36.3 Å². The van der Waals surface area contributed by atoms with Gasteiger partial charge in [-0.1, -0.05) is 18.6 Å². The monoisotopic (exact) mass is 377 g/mol. The number of likely N-dealkylation sites (tertiary alicyclic amines) is 1. The minimum absolute atomic E-state index is 0.0225. The molecule has 2 heterocycles. The maximum absolute atomic E-state index is 12.3. The molecule has 1 fully saturated rings. The minimum Gasteiger partial charge on any atom is -0.492 e. The Labute approximate surface area is 166 Å². The summed E-state index contributed by atoms with van der Waals surface area (Å²) >= 11 is 0. The highest BCUT2D eigenvalue weighted by molar-refractivity contribution is 6.13. The number of anilines is 1. The van der Waals surface area contributed by atoms with Crippen LogP contribution in [0.2, 0.25) is 0 Å². The molecule has 1 N–H and O–H groups in total. The van der Waals surface area contributed by atoms with Crippen LogP contribution in [0.25, 0.3) is 0 Å². The van der Waals surface area contributed by atoms with Crippen molar-refractivity contribution in [2.24, 2.45) is 4.99 Å². The average molecular weight is 377 g/mol. The summed E-state index contributed by atoms with van der Waals surface area (Å²) in [4.78, 5) is 19.3. The molecule has 2 aromatic rings.